The molecule has 2 aromatic carbocycles. The van der Waals surface area contributed by atoms with E-state index in [4.69, 9.17) is 9.47 Å². The lowest BCUT2D eigenvalue weighted by Gasteiger charge is -2.28. The molecule has 0 aromatic heterocycles. The lowest BCUT2D eigenvalue weighted by atomic mass is 10.2. The molecule has 0 bridgehead atoms. The van der Waals surface area contributed by atoms with Crippen molar-refractivity contribution in [3.63, 3.8) is 0 Å². The monoisotopic (exact) mass is 369 g/mol. The summed E-state index contributed by atoms with van der Waals surface area (Å²) in [6.07, 6.45) is 0. The molecular formula is C21H27N3O3. The van der Waals surface area contributed by atoms with Gasteiger partial charge >= 0.3 is 6.03 Å². The van der Waals surface area contributed by atoms with Crippen molar-refractivity contribution in [1.82, 2.24) is 5.32 Å². The highest BCUT2D eigenvalue weighted by atomic mass is 16.5. The smallest absolute Gasteiger partial charge is 0.319 e. The molecule has 1 fully saturated rings. The van der Waals surface area contributed by atoms with Gasteiger partial charge in [-0.25, -0.2) is 4.79 Å². The number of rotatable bonds is 6. The summed E-state index contributed by atoms with van der Waals surface area (Å²) in [5.41, 5.74) is 4.00. The van der Waals surface area contributed by atoms with E-state index >= 15 is 0 Å². The Labute approximate surface area is 160 Å². The summed E-state index contributed by atoms with van der Waals surface area (Å²) in [5, 5.41) is 5.75. The third-order valence-electron chi connectivity index (χ3n) is 4.45. The maximum Gasteiger partial charge on any atom is 0.319 e. The van der Waals surface area contributed by atoms with E-state index in [-0.39, 0.29) is 6.03 Å². The topological polar surface area (TPSA) is 62.8 Å². The van der Waals surface area contributed by atoms with Crippen molar-refractivity contribution < 1.29 is 14.3 Å². The minimum Gasteiger partial charge on any atom is -0.492 e. The summed E-state index contributed by atoms with van der Waals surface area (Å²) in [4.78, 5) is 14.5. The second-order valence-corrected chi connectivity index (χ2v) is 6.51. The molecule has 2 amide bonds. The summed E-state index contributed by atoms with van der Waals surface area (Å²) < 4.78 is 11.0. The van der Waals surface area contributed by atoms with Gasteiger partial charge in [0.15, 0.2) is 0 Å². The number of ether oxygens (including phenoxy) is 2. The Kier molecular flexibility index (Phi) is 6.54. The number of benzene rings is 2. The van der Waals surface area contributed by atoms with Gasteiger partial charge in [0.2, 0.25) is 0 Å². The minimum atomic E-state index is -0.253. The third-order valence-corrected chi connectivity index (χ3v) is 4.45. The second-order valence-electron chi connectivity index (χ2n) is 6.51. The molecule has 0 saturated carbocycles. The minimum absolute atomic E-state index is 0.253. The summed E-state index contributed by atoms with van der Waals surface area (Å²) in [7, 11) is 0. The number of urea groups is 1. The summed E-state index contributed by atoms with van der Waals surface area (Å²) in [6.45, 7) is 8.30. The van der Waals surface area contributed by atoms with Crippen molar-refractivity contribution in [1.29, 1.82) is 0 Å². The zero-order valence-corrected chi connectivity index (χ0v) is 16.0. The van der Waals surface area contributed by atoms with Crippen LogP contribution in [-0.4, -0.2) is 38.9 Å². The van der Waals surface area contributed by atoms with E-state index in [0.717, 1.165) is 37.4 Å². The van der Waals surface area contributed by atoms with Crippen LogP contribution in [0.15, 0.2) is 42.5 Å². The molecule has 6 nitrogen and oxygen atoms in total. The van der Waals surface area contributed by atoms with Crippen molar-refractivity contribution in [2.45, 2.75) is 20.4 Å². The molecule has 0 unspecified atom stereocenters. The van der Waals surface area contributed by atoms with E-state index in [2.05, 4.69) is 27.7 Å². The third kappa shape index (κ3) is 5.37. The highest BCUT2D eigenvalue weighted by molar-refractivity contribution is 5.90. The van der Waals surface area contributed by atoms with Gasteiger partial charge in [0.05, 0.1) is 25.5 Å². The standard InChI is InChI=1S/C21H27N3O3/c1-3-27-20-14-16(2)4-9-19(20)23-21(25)22-15-17-5-7-18(8-6-17)24-10-12-26-13-11-24/h4-9,14H,3,10-13,15H2,1-2H3,(H2,22,23,25). The molecule has 0 aliphatic carbocycles. The zero-order chi connectivity index (χ0) is 19.1. The van der Waals surface area contributed by atoms with Crippen LogP contribution in [0.5, 0.6) is 5.75 Å². The van der Waals surface area contributed by atoms with E-state index in [1.54, 1.807) is 0 Å². The lowest BCUT2D eigenvalue weighted by Crippen LogP contribution is -2.36. The average Bonchev–Trinajstić information content (AvgIpc) is 2.70. The molecule has 3 rings (SSSR count). The Hall–Kier alpha value is -2.73. The fourth-order valence-corrected chi connectivity index (χ4v) is 3.00. The van der Waals surface area contributed by atoms with Crippen LogP contribution in [0.3, 0.4) is 0 Å². The molecule has 0 radical (unpaired) electrons. The van der Waals surface area contributed by atoms with Gasteiger partial charge in [-0.05, 0) is 49.2 Å². The fraction of sp³-hybridized carbons (Fsp3) is 0.381. The van der Waals surface area contributed by atoms with Crippen molar-refractivity contribution in [3.05, 3.63) is 53.6 Å². The summed E-state index contributed by atoms with van der Waals surface area (Å²) in [6, 6.07) is 13.7. The fourth-order valence-electron chi connectivity index (χ4n) is 3.00. The number of hydrogen-bond donors (Lipinski definition) is 2. The van der Waals surface area contributed by atoms with E-state index in [0.29, 0.717) is 24.6 Å². The molecule has 0 spiro atoms. The predicted molar refractivity (Wildman–Crippen MR) is 108 cm³/mol. The highest BCUT2D eigenvalue weighted by Crippen LogP contribution is 2.25. The number of morpholine rings is 1. The van der Waals surface area contributed by atoms with Gasteiger partial charge in [0.1, 0.15) is 5.75 Å². The Morgan fingerprint density at radius 3 is 2.59 bits per heavy atom. The maximum absolute atomic E-state index is 12.2. The van der Waals surface area contributed by atoms with Gasteiger partial charge in [-0.3, -0.25) is 0 Å². The van der Waals surface area contributed by atoms with E-state index in [1.807, 2.05) is 44.2 Å². The molecule has 1 heterocycles. The lowest BCUT2D eigenvalue weighted by molar-refractivity contribution is 0.122. The van der Waals surface area contributed by atoms with E-state index in [9.17, 15) is 4.79 Å². The van der Waals surface area contributed by atoms with Crippen molar-refractivity contribution >= 4 is 17.4 Å². The molecule has 0 atom stereocenters. The van der Waals surface area contributed by atoms with Crippen molar-refractivity contribution in [2.24, 2.45) is 0 Å². The molecule has 1 aliphatic rings. The van der Waals surface area contributed by atoms with Gasteiger partial charge in [0.25, 0.3) is 0 Å². The molecular weight excluding hydrogens is 342 g/mol. The largest absolute Gasteiger partial charge is 0.492 e. The molecule has 1 aliphatic heterocycles. The van der Waals surface area contributed by atoms with Gasteiger partial charge in [0, 0.05) is 25.3 Å². The number of carbonyl (C=O) groups is 1. The molecule has 27 heavy (non-hydrogen) atoms. The summed E-state index contributed by atoms with van der Waals surface area (Å²) >= 11 is 0. The van der Waals surface area contributed by atoms with Crippen LogP contribution >= 0.6 is 0 Å². The Morgan fingerprint density at radius 1 is 1.15 bits per heavy atom. The van der Waals surface area contributed by atoms with Gasteiger partial charge in [-0.2, -0.15) is 0 Å². The van der Waals surface area contributed by atoms with Crippen LogP contribution < -0.4 is 20.3 Å². The average molecular weight is 369 g/mol. The second kappa shape index (κ2) is 9.28. The number of nitrogens with one attached hydrogen (secondary N) is 2. The SMILES string of the molecule is CCOc1cc(C)ccc1NC(=O)NCc1ccc(N2CCOCC2)cc1. The number of aryl methyl sites for hydroxylation is 1. The Morgan fingerprint density at radius 2 is 1.89 bits per heavy atom. The first kappa shape index (κ1) is 19.0. The number of anilines is 2. The molecule has 6 heteroatoms. The van der Waals surface area contributed by atoms with Crippen LogP contribution in [0.25, 0.3) is 0 Å². The van der Waals surface area contributed by atoms with Crippen molar-refractivity contribution in [3.8, 4) is 5.75 Å². The van der Waals surface area contributed by atoms with Gasteiger partial charge in [-0.15, -0.1) is 0 Å². The molecule has 144 valence electrons. The number of carbonyl (C=O) groups excluding carboxylic acids is 1. The van der Waals surface area contributed by atoms with Crippen LogP contribution in [0.1, 0.15) is 18.1 Å². The Bertz CT molecular complexity index is 756. The van der Waals surface area contributed by atoms with Crippen molar-refractivity contribution in [2.75, 3.05) is 43.1 Å². The molecule has 2 aromatic rings. The molecule has 1 saturated heterocycles. The number of nitrogens with zero attached hydrogens (tertiary/aromatic N) is 1. The van der Waals surface area contributed by atoms with Crippen LogP contribution in [0.4, 0.5) is 16.2 Å². The number of hydrogen-bond acceptors (Lipinski definition) is 4. The van der Waals surface area contributed by atoms with Crippen LogP contribution in [0, 0.1) is 6.92 Å². The zero-order valence-electron chi connectivity index (χ0n) is 16.0. The summed E-state index contributed by atoms with van der Waals surface area (Å²) in [5.74, 6) is 0.683. The quantitative estimate of drug-likeness (QED) is 0.817. The van der Waals surface area contributed by atoms with Crippen LogP contribution in [-0.2, 0) is 11.3 Å². The van der Waals surface area contributed by atoms with Gasteiger partial charge < -0.3 is 25.0 Å². The van der Waals surface area contributed by atoms with Crippen LogP contribution in [0.2, 0.25) is 0 Å². The molecule has 2 N–H and O–H groups in total. The van der Waals surface area contributed by atoms with Gasteiger partial charge in [-0.1, -0.05) is 18.2 Å². The predicted octanol–water partition coefficient (Wildman–Crippen LogP) is 3.55. The normalized spacial score (nSPS) is 13.9. The van der Waals surface area contributed by atoms with E-state index in [1.165, 1.54) is 5.69 Å². The first-order valence-electron chi connectivity index (χ1n) is 9.35. The Balaban J connectivity index is 1.53. The first-order valence-corrected chi connectivity index (χ1v) is 9.35. The maximum atomic E-state index is 12.2. The first-order chi connectivity index (χ1) is 13.2. The number of amides is 2. The van der Waals surface area contributed by atoms with E-state index < -0.39 is 0 Å². The highest BCUT2D eigenvalue weighted by Gasteiger charge is 2.11.